The Hall–Kier alpha value is -2.24. The average molecular weight is 314 g/mol. The Bertz CT molecular complexity index is 671. The number of ether oxygens (including phenoxy) is 1. The molecule has 2 rings (SSSR count). The van der Waals surface area contributed by atoms with Gasteiger partial charge < -0.3 is 10.1 Å². The van der Waals surface area contributed by atoms with Gasteiger partial charge in [-0.1, -0.05) is 37.5 Å². The average Bonchev–Trinajstić information content (AvgIpc) is 2.97. The van der Waals surface area contributed by atoms with Gasteiger partial charge in [0.1, 0.15) is 4.83 Å². The summed E-state index contributed by atoms with van der Waals surface area (Å²) >= 11 is 1.39. The fraction of sp³-hybridized carbons (Fsp3) is 0.176. The smallest absolute Gasteiger partial charge is 0.261 e. The number of rotatable bonds is 8. The molecule has 0 aliphatic rings. The number of hydrogen-bond donors (Lipinski definition) is 1. The molecule has 1 N–H and O–H groups in total. The number of thiophene rings is 1. The molecule has 0 bridgehead atoms. The molecule has 0 aliphatic heterocycles. The Balaban J connectivity index is 1.77. The minimum Gasteiger partial charge on any atom is -0.375 e. The summed E-state index contributed by atoms with van der Waals surface area (Å²) in [4.78, 5) is 17.8. The quantitative estimate of drug-likeness (QED) is 0.600. The topological polar surface area (TPSA) is 51.2 Å². The van der Waals surface area contributed by atoms with Crippen LogP contribution in [0.4, 0.5) is 0 Å². The molecule has 22 heavy (non-hydrogen) atoms. The van der Waals surface area contributed by atoms with E-state index >= 15 is 0 Å². The molecule has 0 atom stereocenters. The predicted molar refractivity (Wildman–Crippen MR) is 91.2 cm³/mol. The highest BCUT2D eigenvalue weighted by atomic mass is 32.1. The second-order valence-corrected chi connectivity index (χ2v) is 5.53. The van der Waals surface area contributed by atoms with E-state index in [9.17, 15) is 4.79 Å². The molecule has 0 saturated heterocycles. The molecule has 1 amide bonds. The van der Waals surface area contributed by atoms with Crippen molar-refractivity contribution >= 4 is 27.5 Å². The first-order chi connectivity index (χ1) is 10.7. The van der Waals surface area contributed by atoms with Crippen LogP contribution in [0, 0.1) is 0 Å². The molecule has 0 aromatic carbocycles. The second-order valence-electron chi connectivity index (χ2n) is 4.50. The van der Waals surface area contributed by atoms with Gasteiger partial charge in [-0.15, -0.1) is 11.3 Å². The number of pyridine rings is 1. The normalized spacial score (nSPS) is 11.4. The molecule has 0 radical (unpaired) electrons. The Morgan fingerprint density at radius 3 is 3.05 bits per heavy atom. The fourth-order valence-corrected chi connectivity index (χ4v) is 2.74. The van der Waals surface area contributed by atoms with E-state index < -0.39 is 0 Å². The lowest BCUT2D eigenvalue weighted by Gasteiger charge is -2.06. The zero-order valence-corrected chi connectivity index (χ0v) is 13.1. The standard InChI is InChI=1S/C17H18N2O2S/c1-3-6-13(4-2)12-21-10-9-18-16(20)15-11-14-7-5-8-19-17(14)22-15/h3-8,11H,1-2,9-10,12H2,(H,18,20)/b13-6+. The van der Waals surface area contributed by atoms with Gasteiger partial charge in [0.25, 0.3) is 5.91 Å². The third kappa shape index (κ3) is 4.38. The molecule has 0 aliphatic carbocycles. The zero-order valence-electron chi connectivity index (χ0n) is 12.2. The lowest BCUT2D eigenvalue weighted by Crippen LogP contribution is -2.26. The Morgan fingerprint density at radius 2 is 2.32 bits per heavy atom. The van der Waals surface area contributed by atoms with E-state index in [4.69, 9.17) is 4.74 Å². The third-order valence-corrected chi connectivity index (χ3v) is 3.97. The van der Waals surface area contributed by atoms with Crippen LogP contribution in [0.1, 0.15) is 9.67 Å². The van der Waals surface area contributed by atoms with Crippen molar-refractivity contribution in [1.29, 1.82) is 0 Å². The summed E-state index contributed by atoms with van der Waals surface area (Å²) in [7, 11) is 0. The van der Waals surface area contributed by atoms with Gasteiger partial charge in [0.15, 0.2) is 0 Å². The molecule has 2 heterocycles. The van der Waals surface area contributed by atoms with E-state index in [1.54, 1.807) is 18.3 Å². The first-order valence-corrected chi connectivity index (χ1v) is 7.71. The fourth-order valence-electron chi connectivity index (χ4n) is 1.83. The highest BCUT2D eigenvalue weighted by molar-refractivity contribution is 7.20. The summed E-state index contributed by atoms with van der Waals surface area (Å²) in [6.45, 7) is 8.68. The Kier molecular flexibility index (Phi) is 6.06. The van der Waals surface area contributed by atoms with Crippen LogP contribution in [0.3, 0.4) is 0 Å². The number of hydrogen-bond acceptors (Lipinski definition) is 4. The SMILES string of the molecule is C=C/C=C(\C=C)COCCNC(=O)c1cc2cccnc2s1. The van der Waals surface area contributed by atoms with Gasteiger partial charge in [-0.25, -0.2) is 4.98 Å². The van der Waals surface area contributed by atoms with E-state index in [-0.39, 0.29) is 5.91 Å². The van der Waals surface area contributed by atoms with Crippen molar-refractivity contribution in [3.63, 3.8) is 0 Å². The largest absolute Gasteiger partial charge is 0.375 e. The van der Waals surface area contributed by atoms with Gasteiger partial charge in [-0.3, -0.25) is 4.79 Å². The van der Waals surface area contributed by atoms with E-state index in [2.05, 4.69) is 23.5 Å². The van der Waals surface area contributed by atoms with Crippen molar-refractivity contribution in [2.45, 2.75) is 0 Å². The summed E-state index contributed by atoms with van der Waals surface area (Å²) in [5.41, 5.74) is 0.955. The summed E-state index contributed by atoms with van der Waals surface area (Å²) in [6.07, 6.45) is 6.99. The molecular weight excluding hydrogens is 296 g/mol. The van der Waals surface area contributed by atoms with E-state index in [1.807, 2.05) is 24.3 Å². The number of nitrogens with zero attached hydrogens (tertiary/aromatic N) is 1. The van der Waals surface area contributed by atoms with Crippen LogP contribution in [0.5, 0.6) is 0 Å². The molecule has 2 aromatic rings. The van der Waals surface area contributed by atoms with Crippen LogP contribution in [0.15, 0.2) is 61.4 Å². The first-order valence-electron chi connectivity index (χ1n) is 6.89. The van der Waals surface area contributed by atoms with Crippen LogP contribution >= 0.6 is 11.3 Å². The molecule has 5 heteroatoms. The first kappa shape index (κ1) is 16.1. The number of aromatic nitrogens is 1. The lowest BCUT2D eigenvalue weighted by atomic mass is 10.2. The number of carbonyl (C=O) groups excluding carboxylic acids is 1. The summed E-state index contributed by atoms with van der Waals surface area (Å²) < 4.78 is 5.47. The van der Waals surface area contributed by atoms with E-state index in [0.29, 0.717) is 24.6 Å². The van der Waals surface area contributed by atoms with Crippen LogP contribution in [-0.4, -0.2) is 30.6 Å². The number of amides is 1. The molecule has 0 saturated carbocycles. The molecule has 114 valence electrons. The molecule has 4 nitrogen and oxygen atoms in total. The molecule has 0 fully saturated rings. The van der Waals surface area contributed by atoms with Crippen LogP contribution in [0.2, 0.25) is 0 Å². The number of nitrogens with one attached hydrogen (secondary N) is 1. The van der Waals surface area contributed by atoms with Gasteiger partial charge in [0.05, 0.1) is 18.1 Å². The summed E-state index contributed by atoms with van der Waals surface area (Å²) in [5.74, 6) is -0.0998. The monoisotopic (exact) mass is 314 g/mol. The van der Waals surface area contributed by atoms with Crippen molar-refractivity contribution in [3.8, 4) is 0 Å². The highest BCUT2D eigenvalue weighted by Gasteiger charge is 2.09. The maximum absolute atomic E-state index is 12.0. The molecular formula is C17H18N2O2S. The number of fused-ring (bicyclic) bond motifs is 1. The minimum absolute atomic E-state index is 0.0998. The molecule has 0 spiro atoms. The summed E-state index contributed by atoms with van der Waals surface area (Å²) in [6, 6.07) is 5.66. The third-order valence-electron chi connectivity index (χ3n) is 2.91. The van der Waals surface area contributed by atoms with E-state index in [1.165, 1.54) is 11.3 Å². The lowest BCUT2D eigenvalue weighted by molar-refractivity contribution is 0.0931. The van der Waals surface area contributed by atoms with E-state index in [0.717, 1.165) is 15.8 Å². The van der Waals surface area contributed by atoms with Crippen molar-refractivity contribution in [3.05, 3.63) is 66.2 Å². The maximum Gasteiger partial charge on any atom is 0.261 e. The van der Waals surface area contributed by atoms with Gasteiger partial charge >= 0.3 is 0 Å². The minimum atomic E-state index is -0.0998. The maximum atomic E-state index is 12.0. The Morgan fingerprint density at radius 1 is 1.45 bits per heavy atom. The van der Waals surface area contributed by atoms with Crippen molar-refractivity contribution < 1.29 is 9.53 Å². The van der Waals surface area contributed by atoms with Gasteiger partial charge in [0.2, 0.25) is 0 Å². The molecule has 0 unspecified atom stereocenters. The van der Waals surface area contributed by atoms with Crippen molar-refractivity contribution in [2.24, 2.45) is 0 Å². The second kappa shape index (κ2) is 8.26. The van der Waals surface area contributed by atoms with Crippen molar-refractivity contribution in [2.75, 3.05) is 19.8 Å². The van der Waals surface area contributed by atoms with Gasteiger partial charge in [0, 0.05) is 18.1 Å². The summed E-state index contributed by atoms with van der Waals surface area (Å²) in [5, 5.41) is 3.82. The van der Waals surface area contributed by atoms with Crippen LogP contribution in [-0.2, 0) is 4.74 Å². The Labute approximate surface area is 133 Å². The number of allylic oxidation sites excluding steroid dienone is 2. The van der Waals surface area contributed by atoms with Crippen LogP contribution < -0.4 is 5.32 Å². The van der Waals surface area contributed by atoms with Crippen molar-refractivity contribution in [1.82, 2.24) is 10.3 Å². The highest BCUT2D eigenvalue weighted by Crippen LogP contribution is 2.22. The van der Waals surface area contributed by atoms with Gasteiger partial charge in [-0.2, -0.15) is 0 Å². The molecule has 2 aromatic heterocycles. The van der Waals surface area contributed by atoms with Crippen LogP contribution in [0.25, 0.3) is 10.2 Å². The zero-order chi connectivity index (χ0) is 15.8. The van der Waals surface area contributed by atoms with Gasteiger partial charge in [-0.05, 0) is 17.7 Å². The number of carbonyl (C=O) groups is 1. The predicted octanol–water partition coefficient (Wildman–Crippen LogP) is 3.34.